The van der Waals surface area contributed by atoms with Crippen molar-refractivity contribution in [2.45, 2.75) is 26.1 Å². The summed E-state index contributed by atoms with van der Waals surface area (Å²) in [6.45, 7) is 5.24. The van der Waals surface area contributed by atoms with E-state index >= 15 is 0 Å². The number of nitrogens with zero attached hydrogens (tertiary/aromatic N) is 2. The van der Waals surface area contributed by atoms with E-state index in [0.29, 0.717) is 6.61 Å². The van der Waals surface area contributed by atoms with Crippen LogP contribution >= 0.6 is 0 Å². The first-order valence-corrected chi connectivity index (χ1v) is 5.53. The van der Waals surface area contributed by atoms with Gasteiger partial charge in [-0.25, -0.2) is 4.98 Å². The quantitative estimate of drug-likeness (QED) is 0.708. The van der Waals surface area contributed by atoms with E-state index < -0.39 is 0 Å². The second-order valence-electron chi connectivity index (χ2n) is 3.61. The minimum atomic E-state index is 0.1000. The normalized spacial score (nSPS) is 12.9. The molecule has 1 aromatic rings. The second-order valence-corrected chi connectivity index (χ2v) is 3.61. The van der Waals surface area contributed by atoms with Gasteiger partial charge in [0.15, 0.2) is 0 Å². The number of hydrogen-bond donors (Lipinski definition) is 1. The van der Waals surface area contributed by atoms with Gasteiger partial charge < -0.3 is 19.4 Å². The maximum atomic E-state index is 5.26. The summed E-state index contributed by atoms with van der Waals surface area (Å²) in [5.74, 6) is 0. The largest absolute Gasteiger partial charge is 0.382 e. The molecule has 0 amide bonds. The number of hydrogen-bond acceptors (Lipinski definition) is 4. The molecule has 1 N–H and O–H groups in total. The molecule has 1 unspecified atom stereocenters. The standard InChI is InChI=1S/C11H21N3O2/c1-4-14-9-13-6-10(14)5-12-7-11(16-3)8-15-2/h6,9,11-12H,4-5,7-8H2,1-3H3. The van der Waals surface area contributed by atoms with Crippen molar-refractivity contribution in [1.82, 2.24) is 14.9 Å². The molecule has 0 aliphatic carbocycles. The van der Waals surface area contributed by atoms with E-state index in [1.54, 1.807) is 14.2 Å². The van der Waals surface area contributed by atoms with Gasteiger partial charge in [-0.3, -0.25) is 0 Å². The van der Waals surface area contributed by atoms with Crippen LogP contribution in [0.15, 0.2) is 12.5 Å². The van der Waals surface area contributed by atoms with Crippen molar-refractivity contribution in [1.29, 1.82) is 0 Å². The lowest BCUT2D eigenvalue weighted by Gasteiger charge is -2.15. The van der Waals surface area contributed by atoms with Crippen LogP contribution in [0.1, 0.15) is 12.6 Å². The molecule has 1 atom stereocenters. The zero-order chi connectivity index (χ0) is 11.8. The van der Waals surface area contributed by atoms with Gasteiger partial charge in [0, 0.05) is 40.1 Å². The molecular weight excluding hydrogens is 206 g/mol. The van der Waals surface area contributed by atoms with E-state index in [9.17, 15) is 0 Å². The van der Waals surface area contributed by atoms with E-state index in [1.165, 1.54) is 5.69 Å². The molecule has 0 radical (unpaired) electrons. The van der Waals surface area contributed by atoms with Gasteiger partial charge in [0.25, 0.3) is 0 Å². The van der Waals surface area contributed by atoms with E-state index in [-0.39, 0.29) is 6.10 Å². The third-order valence-corrected chi connectivity index (χ3v) is 2.50. The predicted molar refractivity (Wildman–Crippen MR) is 62.3 cm³/mol. The van der Waals surface area contributed by atoms with Gasteiger partial charge in [0.05, 0.1) is 24.7 Å². The number of methoxy groups -OCH3 is 2. The predicted octanol–water partition coefficient (Wildman–Crippen LogP) is 0.654. The lowest BCUT2D eigenvalue weighted by atomic mass is 10.3. The zero-order valence-electron chi connectivity index (χ0n) is 10.3. The molecule has 16 heavy (non-hydrogen) atoms. The zero-order valence-corrected chi connectivity index (χ0v) is 10.3. The average molecular weight is 227 g/mol. The molecule has 5 nitrogen and oxygen atoms in total. The highest BCUT2D eigenvalue weighted by Crippen LogP contribution is 1.98. The Morgan fingerprint density at radius 3 is 2.94 bits per heavy atom. The first-order valence-electron chi connectivity index (χ1n) is 5.53. The number of rotatable bonds is 8. The van der Waals surface area contributed by atoms with Crippen LogP contribution in [0.4, 0.5) is 0 Å². The molecule has 0 spiro atoms. The number of nitrogens with one attached hydrogen (secondary N) is 1. The lowest BCUT2D eigenvalue weighted by molar-refractivity contribution is 0.0287. The molecule has 1 heterocycles. The molecule has 0 saturated heterocycles. The van der Waals surface area contributed by atoms with Gasteiger partial charge in [0.2, 0.25) is 0 Å². The van der Waals surface area contributed by atoms with Crippen LogP contribution in [0, 0.1) is 0 Å². The van der Waals surface area contributed by atoms with Crippen LogP contribution in [0.2, 0.25) is 0 Å². The first-order chi connectivity index (χ1) is 7.81. The molecule has 92 valence electrons. The van der Waals surface area contributed by atoms with Crippen molar-refractivity contribution < 1.29 is 9.47 Å². The van der Waals surface area contributed by atoms with Crippen LogP contribution in [0.25, 0.3) is 0 Å². The summed E-state index contributed by atoms with van der Waals surface area (Å²) in [6.07, 6.45) is 3.83. The van der Waals surface area contributed by atoms with Crippen molar-refractivity contribution in [3.05, 3.63) is 18.2 Å². The Balaban J connectivity index is 2.29. The van der Waals surface area contributed by atoms with Crippen LogP contribution in [-0.2, 0) is 22.6 Å². The summed E-state index contributed by atoms with van der Waals surface area (Å²) in [5.41, 5.74) is 1.19. The molecule has 0 aliphatic rings. The Kier molecular flexibility index (Phi) is 6.07. The molecule has 1 rings (SSSR count). The summed E-state index contributed by atoms with van der Waals surface area (Å²) < 4.78 is 12.4. The molecule has 5 heteroatoms. The topological polar surface area (TPSA) is 48.3 Å². The molecule has 0 bridgehead atoms. The van der Waals surface area contributed by atoms with Crippen molar-refractivity contribution in [3.63, 3.8) is 0 Å². The summed E-state index contributed by atoms with van der Waals surface area (Å²) >= 11 is 0. The molecule has 0 saturated carbocycles. The van der Waals surface area contributed by atoms with Crippen molar-refractivity contribution in [2.24, 2.45) is 0 Å². The minimum absolute atomic E-state index is 0.1000. The minimum Gasteiger partial charge on any atom is -0.382 e. The molecular formula is C11H21N3O2. The number of aryl methyl sites for hydroxylation is 1. The summed E-state index contributed by atoms with van der Waals surface area (Å²) in [6, 6.07) is 0. The number of aromatic nitrogens is 2. The smallest absolute Gasteiger partial charge is 0.0948 e. The lowest BCUT2D eigenvalue weighted by Crippen LogP contribution is -2.31. The summed E-state index contributed by atoms with van der Waals surface area (Å²) in [4.78, 5) is 4.11. The first kappa shape index (κ1) is 13.2. The van der Waals surface area contributed by atoms with Gasteiger partial charge in [-0.15, -0.1) is 0 Å². The highest BCUT2D eigenvalue weighted by Gasteiger charge is 2.06. The Hall–Kier alpha value is -0.910. The summed E-state index contributed by atoms with van der Waals surface area (Å²) in [7, 11) is 3.37. The summed E-state index contributed by atoms with van der Waals surface area (Å²) in [5, 5.41) is 3.33. The van der Waals surface area contributed by atoms with Crippen molar-refractivity contribution in [3.8, 4) is 0 Å². The van der Waals surface area contributed by atoms with E-state index in [4.69, 9.17) is 9.47 Å². The Bertz CT molecular complexity index is 289. The Morgan fingerprint density at radius 2 is 2.31 bits per heavy atom. The van der Waals surface area contributed by atoms with Gasteiger partial charge in [-0.05, 0) is 6.92 Å². The fourth-order valence-corrected chi connectivity index (χ4v) is 1.54. The number of ether oxygens (including phenoxy) is 2. The monoisotopic (exact) mass is 227 g/mol. The Labute approximate surface area is 96.8 Å². The van der Waals surface area contributed by atoms with Crippen LogP contribution < -0.4 is 5.32 Å². The van der Waals surface area contributed by atoms with Crippen LogP contribution in [-0.4, -0.2) is 43.0 Å². The fourth-order valence-electron chi connectivity index (χ4n) is 1.54. The van der Waals surface area contributed by atoms with E-state index in [0.717, 1.165) is 19.6 Å². The van der Waals surface area contributed by atoms with E-state index in [1.807, 2.05) is 12.5 Å². The maximum absolute atomic E-state index is 5.26. The van der Waals surface area contributed by atoms with Gasteiger partial charge in [-0.1, -0.05) is 0 Å². The third kappa shape index (κ3) is 3.92. The Morgan fingerprint density at radius 1 is 1.50 bits per heavy atom. The second kappa shape index (κ2) is 7.38. The van der Waals surface area contributed by atoms with E-state index in [2.05, 4.69) is 21.8 Å². The van der Waals surface area contributed by atoms with Crippen LogP contribution in [0.3, 0.4) is 0 Å². The van der Waals surface area contributed by atoms with Gasteiger partial charge in [-0.2, -0.15) is 0 Å². The number of imidazole rings is 1. The molecule has 0 fully saturated rings. The molecule has 1 aromatic heterocycles. The highest BCUT2D eigenvalue weighted by molar-refractivity contribution is 4.97. The fraction of sp³-hybridized carbons (Fsp3) is 0.727. The van der Waals surface area contributed by atoms with Gasteiger partial charge >= 0.3 is 0 Å². The SMILES string of the molecule is CCn1cncc1CNCC(COC)OC. The average Bonchev–Trinajstić information content (AvgIpc) is 2.75. The van der Waals surface area contributed by atoms with Crippen molar-refractivity contribution >= 4 is 0 Å². The third-order valence-electron chi connectivity index (χ3n) is 2.50. The highest BCUT2D eigenvalue weighted by atomic mass is 16.5. The molecule has 0 aliphatic heterocycles. The maximum Gasteiger partial charge on any atom is 0.0948 e. The van der Waals surface area contributed by atoms with Crippen LogP contribution in [0.5, 0.6) is 0 Å². The molecule has 0 aromatic carbocycles. The van der Waals surface area contributed by atoms with Gasteiger partial charge in [0.1, 0.15) is 0 Å². The van der Waals surface area contributed by atoms with Crippen molar-refractivity contribution in [2.75, 3.05) is 27.4 Å².